The van der Waals surface area contributed by atoms with Gasteiger partial charge in [0, 0.05) is 20.1 Å². The molecule has 0 atom stereocenters. The molecular weight excluding hydrogens is 552 g/mol. The molecule has 1 saturated heterocycles. The Morgan fingerprint density at radius 2 is 1.68 bits per heavy atom. The van der Waals surface area contributed by atoms with Crippen LogP contribution in [0.4, 0.5) is 0 Å². The minimum absolute atomic E-state index is 0.134. The van der Waals surface area contributed by atoms with Crippen LogP contribution in [0.15, 0.2) is 66.9 Å². The summed E-state index contributed by atoms with van der Waals surface area (Å²) < 4.78 is 9.22. The first-order chi connectivity index (χ1) is 11.8. The van der Waals surface area contributed by atoms with E-state index in [9.17, 15) is 4.79 Å². The Hall–Kier alpha value is -0.730. The highest BCUT2D eigenvalue weighted by molar-refractivity contribution is 9.11. The fraction of sp³-hybridized carbons (Fsp3) is 0. The number of rotatable bonds is 3. The molecule has 1 aliphatic rings. The summed E-state index contributed by atoms with van der Waals surface area (Å²) in [4.78, 5) is 12.8. The van der Waals surface area contributed by atoms with Crippen molar-refractivity contribution < 1.29 is 9.53 Å². The number of carbonyl (C=O) groups is 1. The second kappa shape index (κ2) is 7.88. The minimum atomic E-state index is -0.134. The quantitative estimate of drug-likeness (QED) is 0.290. The topological polar surface area (TPSA) is 26.3 Å². The highest BCUT2D eigenvalue weighted by Crippen LogP contribution is 2.39. The van der Waals surface area contributed by atoms with Crippen LogP contribution in [0.25, 0.3) is 6.08 Å². The molecule has 0 aromatic heterocycles. The maximum absolute atomic E-state index is 12.2. The van der Waals surface area contributed by atoms with E-state index in [1.165, 1.54) is 11.8 Å². The van der Waals surface area contributed by atoms with Crippen molar-refractivity contribution in [2.45, 2.75) is 0 Å². The summed E-state index contributed by atoms with van der Waals surface area (Å²) in [5.74, 6) is 1.18. The number of hydrogen-bond acceptors (Lipinski definition) is 4. The predicted octanol–water partition coefficient (Wildman–Crippen LogP) is 7.31. The normalized spacial score (nSPS) is 16.0. The number of thiocarbonyl (C=S) groups is 1. The number of ether oxygens (including phenoxy) is 1. The van der Waals surface area contributed by atoms with Crippen LogP contribution in [-0.2, 0) is 4.79 Å². The zero-order valence-corrected chi connectivity index (χ0v) is 18.9. The van der Waals surface area contributed by atoms with Crippen LogP contribution in [0, 0.1) is 0 Å². The third kappa shape index (κ3) is 4.34. The van der Waals surface area contributed by atoms with Gasteiger partial charge in [0.2, 0.25) is 5.78 Å². The second-order valence-corrected chi connectivity index (χ2v) is 9.47. The highest BCUT2D eigenvalue weighted by Gasteiger charge is 2.27. The predicted molar refractivity (Wildman–Crippen MR) is 118 cm³/mol. The summed E-state index contributed by atoms with van der Waals surface area (Å²) >= 11 is 16.8. The SMILES string of the molecule is C=C1C(=O)/C(=C/c2cc(Br)ccc2Oc2ccc(Br)cc2Br)SC1=S. The maximum atomic E-state index is 12.2. The first kappa shape index (κ1) is 19.0. The smallest absolute Gasteiger partial charge is 0.201 e. The van der Waals surface area contributed by atoms with E-state index in [-0.39, 0.29) is 5.78 Å². The number of Topliss-reactive ketones (excluding diaryl/α,β-unsaturated/α-hetero) is 1. The summed E-state index contributed by atoms with van der Waals surface area (Å²) in [5.41, 5.74) is 1.15. The molecule has 0 amide bonds. The van der Waals surface area contributed by atoms with E-state index in [1.807, 2.05) is 36.4 Å². The summed E-state index contributed by atoms with van der Waals surface area (Å²) in [6, 6.07) is 11.3. The lowest BCUT2D eigenvalue weighted by Crippen LogP contribution is -1.96. The Balaban J connectivity index is 2.00. The molecule has 1 aliphatic heterocycles. The summed E-state index contributed by atoms with van der Waals surface area (Å²) in [7, 11) is 0. The molecule has 0 saturated carbocycles. The Bertz CT molecular complexity index is 951. The molecule has 1 fully saturated rings. The van der Waals surface area contributed by atoms with Gasteiger partial charge in [-0.05, 0) is 58.4 Å². The first-order valence-corrected chi connectivity index (χ1v) is 10.6. The van der Waals surface area contributed by atoms with Crippen LogP contribution in [0.3, 0.4) is 0 Å². The standard InChI is InChI=1S/C18H9Br3O2S2/c1-9-17(22)16(25-18(9)24)7-10-6-11(19)2-4-14(10)23-15-5-3-12(20)8-13(15)21/h2-8H,1H2/b16-7-. The number of allylic oxidation sites excluding steroid dienone is 1. The van der Waals surface area contributed by atoms with Gasteiger partial charge in [-0.25, -0.2) is 0 Å². The molecule has 0 radical (unpaired) electrons. The van der Waals surface area contributed by atoms with Crippen molar-refractivity contribution in [2.75, 3.05) is 0 Å². The molecule has 2 nitrogen and oxygen atoms in total. The molecule has 25 heavy (non-hydrogen) atoms. The van der Waals surface area contributed by atoms with Gasteiger partial charge in [0.25, 0.3) is 0 Å². The number of benzene rings is 2. The fourth-order valence-electron chi connectivity index (χ4n) is 2.09. The van der Waals surface area contributed by atoms with Crippen molar-refractivity contribution in [3.8, 4) is 11.5 Å². The number of hydrogen-bond donors (Lipinski definition) is 0. The molecular formula is C18H9Br3O2S2. The van der Waals surface area contributed by atoms with Gasteiger partial charge in [-0.3, -0.25) is 4.79 Å². The lowest BCUT2D eigenvalue weighted by Gasteiger charge is -2.11. The van der Waals surface area contributed by atoms with Gasteiger partial charge in [0.15, 0.2) is 0 Å². The van der Waals surface area contributed by atoms with Crippen molar-refractivity contribution in [2.24, 2.45) is 0 Å². The Morgan fingerprint density at radius 3 is 2.28 bits per heavy atom. The Labute approximate surface area is 180 Å². The monoisotopic (exact) mass is 558 g/mol. The molecule has 2 aromatic rings. The van der Waals surface area contributed by atoms with E-state index < -0.39 is 0 Å². The van der Waals surface area contributed by atoms with Crippen molar-refractivity contribution in [1.82, 2.24) is 0 Å². The van der Waals surface area contributed by atoms with E-state index in [0.717, 1.165) is 19.0 Å². The van der Waals surface area contributed by atoms with Gasteiger partial charge in [-0.1, -0.05) is 62.4 Å². The van der Waals surface area contributed by atoms with E-state index in [1.54, 1.807) is 6.08 Å². The lowest BCUT2D eigenvalue weighted by atomic mass is 10.1. The van der Waals surface area contributed by atoms with Crippen LogP contribution in [0.2, 0.25) is 0 Å². The summed E-state index contributed by atoms with van der Waals surface area (Å²) in [6.07, 6.45) is 1.78. The van der Waals surface area contributed by atoms with E-state index in [4.69, 9.17) is 17.0 Å². The van der Waals surface area contributed by atoms with E-state index in [0.29, 0.717) is 26.2 Å². The van der Waals surface area contributed by atoms with E-state index in [2.05, 4.69) is 54.4 Å². The zero-order valence-electron chi connectivity index (χ0n) is 12.5. The Kier molecular flexibility index (Phi) is 6.00. The van der Waals surface area contributed by atoms with Gasteiger partial charge in [0.1, 0.15) is 11.5 Å². The van der Waals surface area contributed by atoms with Crippen LogP contribution < -0.4 is 4.74 Å². The third-order valence-electron chi connectivity index (χ3n) is 3.32. The van der Waals surface area contributed by atoms with Crippen LogP contribution in [0.5, 0.6) is 11.5 Å². The third-order valence-corrected chi connectivity index (χ3v) is 6.38. The molecule has 7 heteroatoms. The van der Waals surface area contributed by atoms with E-state index >= 15 is 0 Å². The number of thioether (sulfide) groups is 1. The molecule has 0 unspecified atom stereocenters. The van der Waals surface area contributed by atoms with Crippen LogP contribution >= 0.6 is 71.8 Å². The average Bonchev–Trinajstić information content (AvgIpc) is 2.79. The molecule has 2 aromatic carbocycles. The molecule has 0 N–H and O–H groups in total. The second-order valence-electron chi connectivity index (χ2n) is 5.06. The molecule has 1 heterocycles. The van der Waals surface area contributed by atoms with Crippen molar-refractivity contribution in [3.63, 3.8) is 0 Å². The molecule has 0 spiro atoms. The van der Waals surface area contributed by atoms with Gasteiger partial charge in [-0.15, -0.1) is 0 Å². The minimum Gasteiger partial charge on any atom is -0.456 e. The van der Waals surface area contributed by atoms with Crippen LogP contribution in [0.1, 0.15) is 5.56 Å². The molecule has 0 aliphatic carbocycles. The van der Waals surface area contributed by atoms with Gasteiger partial charge in [0.05, 0.1) is 13.6 Å². The number of ketones is 1. The van der Waals surface area contributed by atoms with Crippen LogP contribution in [-0.4, -0.2) is 9.98 Å². The highest BCUT2D eigenvalue weighted by atomic mass is 79.9. The summed E-state index contributed by atoms with van der Waals surface area (Å²) in [5, 5.41) is 0. The molecule has 3 rings (SSSR count). The largest absolute Gasteiger partial charge is 0.456 e. The first-order valence-electron chi connectivity index (χ1n) is 6.95. The van der Waals surface area contributed by atoms with Gasteiger partial charge >= 0.3 is 0 Å². The molecule has 0 bridgehead atoms. The molecule has 126 valence electrons. The summed E-state index contributed by atoms with van der Waals surface area (Å²) in [6.45, 7) is 3.73. The van der Waals surface area contributed by atoms with Gasteiger partial charge in [-0.2, -0.15) is 0 Å². The number of carbonyl (C=O) groups excluding carboxylic acids is 1. The van der Waals surface area contributed by atoms with Crippen molar-refractivity contribution >= 4 is 87.8 Å². The maximum Gasteiger partial charge on any atom is 0.201 e. The average molecular weight is 561 g/mol. The van der Waals surface area contributed by atoms with Crippen molar-refractivity contribution in [3.05, 3.63) is 72.4 Å². The fourth-order valence-corrected chi connectivity index (χ4v) is 4.77. The van der Waals surface area contributed by atoms with Crippen molar-refractivity contribution in [1.29, 1.82) is 0 Å². The zero-order chi connectivity index (χ0) is 18.1. The van der Waals surface area contributed by atoms with Gasteiger partial charge < -0.3 is 4.74 Å². The Morgan fingerprint density at radius 1 is 1.04 bits per heavy atom. The number of halogens is 3. The lowest BCUT2D eigenvalue weighted by molar-refractivity contribution is -0.110.